The normalized spacial score (nSPS) is 24.7. The number of carbonyl (C=O) groups is 1. The molecular formula is C18H24N2O3. The van der Waals surface area contributed by atoms with Gasteiger partial charge in [-0.05, 0) is 25.3 Å². The predicted molar refractivity (Wildman–Crippen MR) is 86.1 cm³/mol. The molecule has 0 unspecified atom stereocenters. The van der Waals surface area contributed by atoms with Gasteiger partial charge < -0.3 is 19.7 Å². The Morgan fingerprint density at radius 3 is 2.22 bits per heavy atom. The summed E-state index contributed by atoms with van der Waals surface area (Å²) < 4.78 is 11.4. The number of rotatable bonds is 2. The number of carbonyl (C=O) groups excluding carboxylic acids is 1. The Kier molecular flexibility index (Phi) is 3.58. The second-order valence-corrected chi connectivity index (χ2v) is 6.97. The summed E-state index contributed by atoms with van der Waals surface area (Å²) in [6.45, 7) is 4.80. The summed E-state index contributed by atoms with van der Waals surface area (Å²) in [4.78, 5) is 14.5. The smallest absolute Gasteiger partial charge is 0.318 e. The van der Waals surface area contributed by atoms with Crippen molar-refractivity contribution < 1.29 is 14.3 Å². The van der Waals surface area contributed by atoms with Crippen LogP contribution in [0.15, 0.2) is 24.3 Å². The molecule has 0 bridgehead atoms. The minimum absolute atomic E-state index is 0.0379. The number of nitrogens with one attached hydrogen (secondary N) is 1. The van der Waals surface area contributed by atoms with Gasteiger partial charge in [-0.15, -0.1) is 0 Å². The Bertz CT molecular complexity index is 579. The molecular weight excluding hydrogens is 292 g/mol. The van der Waals surface area contributed by atoms with E-state index in [1.807, 2.05) is 4.90 Å². The first-order chi connectivity index (χ1) is 11.1. The molecule has 3 fully saturated rings. The molecule has 5 heteroatoms. The van der Waals surface area contributed by atoms with Crippen LogP contribution in [0, 0.1) is 6.92 Å². The van der Waals surface area contributed by atoms with Gasteiger partial charge in [0.1, 0.15) is 0 Å². The second-order valence-electron chi connectivity index (χ2n) is 6.97. The number of benzene rings is 1. The molecule has 0 aromatic heterocycles. The van der Waals surface area contributed by atoms with E-state index in [4.69, 9.17) is 9.47 Å². The quantitative estimate of drug-likeness (QED) is 0.912. The average molecular weight is 316 g/mol. The molecule has 2 aliphatic heterocycles. The van der Waals surface area contributed by atoms with E-state index in [0.29, 0.717) is 26.3 Å². The SMILES string of the molecule is Cc1ccc(C2(NC(=O)N3CCC4(CC3)OCCO4)CC2)cc1. The standard InChI is InChI=1S/C18H24N2O3/c1-14-2-4-15(5-3-14)17(6-7-17)19-16(21)20-10-8-18(9-11-20)22-12-13-23-18/h2-5H,6-13H2,1H3,(H,19,21). The van der Waals surface area contributed by atoms with Crippen LogP contribution in [0.2, 0.25) is 0 Å². The van der Waals surface area contributed by atoms with Crippen molar-refractivity contribution in [1.29, 1.82) is 0 Å². The minimum atomic E-state index is -0.426. The molecule has 5 nitrogen and oxygen atoms in total. The van der Waals surface area contributed by atoms with Gasteiger partial charge in [-0.3, -0.25) is 0 Å². The van der Waals surface area contributed by atoms with E-state index in [9.17, 15) is 4.79 Å². The zero-order valence-electron chi connectivity index (χ0n) is 13.6. The van der Waals surface area contributed by atoms with Gasteiger partial charge in [0.25, 0.3) is 0 Å². The molecule has 0 atom stereocenters. The molecule has 1 N–H and O–H groups in total. The van der Waals surface area contributed by atoms with Crippen LogP contribution in [0.25, 0.3) is 0 Å². The fourth-order valence-electron chi connectivity index (χ4n) is 3.60. The number of urea groups is 1. The summed E-state index contributed by atoms with van der Waals surface area (Å²) in [6.07, 6.45) is 3.56. The van der Waals surface area contributed by atoms with Crippen LogP contribution in [0.5, 0.6) is 0 Å². The molecule has 0 radical (unpaired) electrons. The number of hydrogen-bond donors (Lipinski definition) is 1. The van der Waals surface area contributed by atoms with Crippen LogP contribution in [-0.4, -0.2) is 43.0 Å². The first kappa shape index (κ1) is 15.0. The zero-order chi connectivity index (χ0) is 15.9. The Hall–Kier alpha value is -1.59. The lowest BCUT2D eigenvalue weighted by Gasteiger charge is -2.38. The lowest BCUT2D eigenvalue weighted by atomic mass is 10.0. The number of nitrogens with zero attached hydrogens (tertiary/aromatic N) is 1. The van der Waals surface area contributed by atoms with Crippen molar-refractivity contribution in [3.63, 3.8) is 0 Å². The molecule has 23 heavy (non-hydrogen) atoms. The predicted octanol–water partition coefficient (Wildman–Crippen LogP) is 2.53. The maximum atomic E-state index is 12.6. The molecule has 1 aromatic carbocycles. The van der Waals surface area contributed by atoms with E-state index >= 15 is 0 Å². The van der Waals surface area contributed by atoms with E-state index in [-0.39, 0.29) is 11.6 Å². The third kappa shape index (κ3) is 2.83. The van der Waals surface area contributed by atoms with E-state index in [2.05, 4.69) is 36.5 Å². The lowest BCUT2D eigenvalue weighted by molar-refractivity contribution is -0.181. The van der Waals surface area contributed by atoms with Crippen molar-refractivity contribution in [3.8, 4) is 0 Å². The number of hydrogen-bond acceptors (Lipinski definition) is 3. The highest BCUT2D eigenvalue weighted by Gasteiger charge is 2.47. The number of ether oxygens (including phenoxy) is 2. The number of piperidine rings is 1. The van der Waals surface area contributed by atoms with Gasteiger partial charge in [0.2, 0.25) is 0 Å². The van der Waals surface area contributed by atoms with Gasteiger partial charge in [0, 0.05) is 25.9 Å². The largest absolute Gasteiger partial charge is 0.347 e. The van der Waals surface area contributed by atoms with E-state index < -0.39 is 5.79 Å². The van der Waals surface area contributed by atoms with Gasteiger partial charge in [-0.25, -0.2) is 4.79 Å². The molecule has 1 aliphatic carbocycles. The summed E-state index contributed by atoms with van der Waals surface area (Å²) in [5.41, 5.74) is 2.31. The maximum absolute atomic E-state index is 12.6. The zero-order valence-corrected chi connectivity index (χ0v) is 13.6. The summed E-state index contributed by atoms with van der Waals surface area (Å²) in [5.74, 6) is -0.426. The average Bonchev–Trinajstić information content (AvgIpc) is 3.20. The van der Waals surface area contributed by atoms with Crippen LogP contribution in [0.1, 0.15) is 36.8 Å². The molecule has 1 saturated carbocycles. The van der Waals surface area contributed by atoms with E-state index in [1.165, 1.54) is 11.1 Å². The maximum Gasteiger partial charge on any atom is 0.318 e. The molecule has 3 aliphatic rings. The molecule has 2 heterocycles. The Morgan fingerprint density at radius 2 is 1.65 bits per heavy atom. The Balaban J connectivity index is 1.38. The van der Waals surface area contributed by atoms with Gasteiger partial charge in [-0.2, -0.15) is 0 Å². The van der Waals surface area contributed by atoms with Crippen LogP contribution < -0.4 is 5.32 Å². The minimum Gasteiger partial charge on any atom is -0.347 e. The summed E-state index contributed by atoms with van der Waals surface area (Å²) in [7, 11) is 0. The molecule has 4 rings (SSSR count). The fourth-order valence-corrected chi connectivity index (χ4v) is 3.60. The van der Waals surface area contributed by atoms with Gasteiger partial charge >= 0.3 is 6.03 Å². The number of aryl methyl sites for hydroxylation is 1. The second kappa shape index (κ2) is 5.49. The third-order valence-corrected chi connectivity index (χ3v) is 5.33. The van der Waals surface area contributed by atoms with Crippen molar-refractivity contribution in [2.45, 2.75) is 43.9 Å². The highest BCUT2D eigenvalue weighted by molar-refractivity contribution is 5.76. The van der Waals surface area contributed by atoms with Crippen molar-refractivity contribution in [2.24, 2.45) is 0 Å². The lowest BCUT2D eigenvalue weighted by Crippen LogP contribution is -2.52. The van der Waals surface area contributed by atoms with E-state index in [0.717, 1.165) is 25.7 Å². The van der Waals surface area contributed by atoms with Gasteiger partial charge in [0.05, 0.1) is 18.8 Å². The molecule has 1 aromatic rings. The van der Waals surface area contributed by atoms with Crippen molar-refractivity contribution in [1.82, 2.24) is 10.2 Å². The third-order valence-electron chi connectivity index (χ3n) is 5.33. The van der Waals surface area contributed by atoms with Crippen LogP contribution in [0.3, 0.4) is 0 Å². The highest BCUT2D eigenvalue weighted by atomic mass is 16.7. The van der Waals surface area contributed by atoms with Crippen molar-refractivity contribution in [2.75, 3.05) is 26.3 Å². The van der Waals surface area contributed by atoms with Gasteiger partial charge in [-0.1, -0.05) is 29.8 Å². The van der Waals surface area contributed by atoms with Gasteiger partial charge in [0.15, 0.2) is 5.79 Å². The fraction of sp³-hybridized carbons (Fsp3) is 0.611. The monoisotopic (exact) mass is 316 g/mol. The molecule has 2 saturated heterocycles. The van der Waals surface area contributed by atoms with Crippen molar-refractivity contribution in [3.05, 3.63) is 35.4 Å². The number of likely N-dealkylation sites (tertiary alicyclic amines) is 1. The Morgan fingerprint density at radius 1 is 1.04 bits per heavy atom. The molecule has 124 valence electrons. The summed E-state index contributed by atoms with van der Waals surface area (Å²) in [5, 5.41) is 3.26. The van der Waals surface area contributed by atoms with E-state index in [1.54, 1.807) is 0 Å². The van der Waals surface area contributed by atoms with Crippen LogP contribution in [0.4, 0.5) is 4.79 Å². The number of amides is 2. The first-order valence-corrected chi connectivity index (χ1v) is 8.53. The first-order valence-electron chi connectivity index (χ1n) is 8.53. The Labute approximate surface area is 136 Å². The molecule has 1 spiro atoms. The van der Waals surface area contributed by atoms with Crippen LogP contribution >= 0.6 is 0 Å². The topological polar surface area (TPSA) is 50.8 Å². The van der Waals surface area contributed by atoms with Crippen molar-refractivity contribution >= 4 is 6.03 Å². The highest BCUT2D eigenvalue weighted by Crippen LogP contribution is 2.45. The van der Waals surface area contributed by atoms with Crippen LogP contribution in [-0.2, 0) is 15.0 Å². The summed E-state index contributed by atoms with van der Waals surface area (Å²) >= 11 is 0. The summed E-state index contributed by atoms with van der Waals surface area (Å²) in [6, 6.07) is 8.53. The molecule has 2 amide bonds.